The lowest BCUT2D eigenvalue weighted by molar-refractivity contribution is -0.124. The SMILES string of the molecule is COc1ccc2c(c1)CN(CC1(c3ccc(NC=O)cc3)NC(=O)NC1=O)C2=O. The largest absolute Gasteiger partial charge is 0.497 e. The van der Waals surface area contributed by atoms with Crippen molar-refractivity contribution in [1.82, 2.24) is 15.5 Å². The summed E-state index contributed by atoms with van der Waals surface area (Å²) in [6, 6.07) is 11.1. The van der Waals surface area contributed by atoms with E-state index in [1.54, 1.807) is 49.6 Å². The van der Waals surface area contributed by atoms with Crippen molar-refractivity contribution in [1.29, 1.82) is 0 Å². The van der Waals surface area contributed by atoms with Crippen LogP contribution in [0.2, 0.25) is 0 Å². The van der Waals surface area contributed by atoms with Crippen molar-refractivity contribution in [2.75, 3.05) is 19.0 Å². The molecule has 5 amide bonds. The quantitative estimate of drug-likeness (QED) is 0.498. The van der Waals surface area contributed by atoms with Gasteiger partial charge in [-0.25, -0.2) is 4.79 Å². The van der Waals surface area contributed by atoms with E-state index in [1.165, 1.54) is 4.90 Å². The van der Waals surface area contributed by atoms with Gasteiger partial charge in [0.2, 0.25) is 6.41 Å². The predicted molar refractivity (Wildman–Crippen MR) is 102 cm³/mol. The van der Waals surface area contributed by atoms with E-state index in [2.05, 4.69) is 16.0 Å². The fourth-order valence-corrected chi connectivity index (χ4v) is 3.71. The van der Waals surface area contributed by atoms with Gasteiger partial charge in [-0.3, -0.25) is 19.7 Å². The number of hydrogen-bond acceptors (Lipinski definition) is 5. The second kappa shape index (κ2) is 6.93. The molecular formula is C20H18N4O5. The molecule has 9 nitrogen and oxygen atoms in total. The Balaban J connectivity index is 1.67. The van der Waals surface area contributed by atoms with Gasteiger partial charge in [-0.2, -0.15) is 0 Å². The molecule has 0 aromatic heterocycles. The number of anilines is 1. The molecule has 1 atom stereocenters. The van der Waals surface area contributed by atoms with E-state index in [0.717, 1.165) is 5.56 Å². The van der Waals surface area contributed by atoms with Gasteiger partial charge in [0.05, 0.1) is 13.7 Å². The Hall–Kier alpha value is -3.88. The first-order valence-electron chi connectivity index (χ1n) is 8.87. The van der Waals surface area contributed by atoms with Gasteiger partial charge < -0.3 is 20.3 Å². The van der Waals surface area contributed by atoms with Crippen LogP contribution in [0.5, 0.6) is 5.75 Å². The highest BCUT2D eigenvalue weighted by Gasteiger charge is 2.50. The lowest BCUT2D eigenvalue weighted by atomic mass is 9.89. The second-order valence-corrected chi connectivity index (χ2v) is 6.84. The van der Waals surface area contributed by atoms with Crippen LogP contribution in [0, 0.1) is 0 Å². The van der Waals surface area contributed by atoms with E-state index < -0.39 is 17.5 Å². The highest BCUT2D eigenvalue weighted by atomic mass is 16.5. The van der Waals surface area contributed by atoms with Crippen LogP contribution in [0.1, 0.15) is 21.5 Å². The maximum absolute atomic E-state index is 12.9. The molecule has 1 saturated heterocycles. The Labute approximate surface area is 166 Å². The summed E-state index contributed by atoms with van der Waals surface area (Å²) < 4.78 is 5.21. The number of nitrogens with one attached hydrogen (secondary N) is 3. The zero-order valence-corrected chi connectivity index (χ0v) is 15.5. The van der Waals surface area contributed by atoms with E-state index in [4.69, 9.17) is 4.74 Å². The highest BCUT2D eigenvalue weighted by Crippen LogP contribution is 2.32. The van der Waals surface area contributed by atoms with Crippen LogP contribution in [-0.4, -0.2) is 42.8 Å². The molecular weight excluding hydrogens is 376 g/mol. The van der Waals surface area contributed by atoms with Gasteiger partial charge >= 0.3 is 6.03 Å². The summed E-state index contributed by atoms with van der Waals surface area (Å²) in [6.45, 7) is 0.252. The van der Waals surface area contributed by atoms with Crippen molar-refractivity contribution in [2.24, 2.45) is 0 Å². The van der Waals surface area contributed by atoms with Crippen LogP contribution in [-0.2, 0) is 21.7 Å². The summed E-state index contributed by atoms with van der Waals surface area (Å²) >= 11 is 0. The van der Waals surface area contributed by atoms with Gasteiger partial charge in [-0.15, -0.1) is 0 Å². The van der Waals surface area contributed by atoms with Crippen molar-refractivity contribution in [2.45, 2.75) is 12.1 Å². The molecule has 2 aliphatic rings. The Kier molecular flexibility index (Phi) is 4.42. The minimum absolute atomic E-state index is 0.0408. The van der Waals surface area contributed by atoms with Crippen LogP contribution < -0.4 is 20.7 Å². The lowest BCUT2D eigenvalue weighted by Crippen LogP contribution is -2.52. The minimum Gasteiger partial charge on any atom is -0.497 e. The number of benzene rings is 2. The summed E-state index contributed by atoms with van der Waals surface area (Å²) in [5.41, 5.74) is 0.938. The molecule has 1 fully saturated rings. The molecule has 2 aromatic carbocycles. The molecule has 9 heteroatoms. The van der Waals surface area contributed by atoms with Crippen molar-refractivity contribution in [3.8, 4) is 5.75 Å². The first-order valence-corrected chi connectivity index (χ1v) is 8.87. The third-order valence-corrected chi connectivity index (χ3v) is 5.16. The number of rotatable bonds is 6. The molecule has 0 spiro atoms. The summed E-state index contributed by atoms with van der Waals surface area (Å²) in [5, 5.41) is 7.44. The van der Waals surface area contributed by atoms with Crippen molar-refractivity contribution in [3.05, 3.63) is 59.2 Å². The van der Waals surface area contributed by atoms with E-state index in [1.807, 2.05) is 0 Å². The number of amides is 5. The first-order chi connectivity index (χ1) is 14.0. The Morgan fingerprint density at radius 2 is 1.93 bits per heavy atom. The number of ether oxygens (including phenoxy) is 1. The van der Waals surface area contributed by atoms with E-state index in [9.17, 15) is 19.2 Å². The number of nitrogens with zero attached hydrogens (tertiary/aromatic N) is 1. The average molecular weight is 394 g/mol. The number of imide groups is 1. The fourth-order valence-electron chi connectivity index (χ4n) is 3.71. The molecule has 4 rings (SSSR count). The highest BCUT2D eigenvalue weighted by molar-refractivity contribution is 6.08. The summed E-state index contributed by atoms with van der Waals surface area (Å²) in [4.78, 5) is 49.7. The van der Waals surface area contributed by atoms with E-state index in [-0.39, 0.29) is 12.5 Å². The maximum atomic E-state index is 12.9. The van der Waals surface area contributed by atoms with E-state index >= 15 is 0 Å². The predicted octanol–water partition coefficient (Wildman–Crippen LogP) is 0.954. The monoisotopic (exact) mass is 394 g/mol. The number of hydrogen-bond donors (Lipinski definition) is 3. The van der Waals surface area contributed by atoms with Gasteiger partial charge in [0.25, 0.3) is 11.8 Å². The number of fused-ring (bicyclic) bond motifs is 1. The van der Waals surface area contributed by atoms with Gasteiger partial charge in [-0.1, -0.05) is 12.1 Å². The van der Waals surface area contributed by atoms with E-state index in [0.29, 0.717) is 35.5 Å². The summed E-state index contributed by atoms with van der Waals surface area (Å²) in [7, 11) is 1.55. The average Bonchev–Trinajstić information content (AvgIpc) is 3.18. The van der Waals surface area contributed by atoms with Crippen LogP contribution in [0.25, 0.3) is 0 Å². The molecule has 1 unspecified atom stereocenters. The fraction of sp³-hybridized carbons (Fsp3) is 0.200. The smallest absolute Gasteiger partial charge is 0.322 e. The summed E-state index contributed by atoms with van der Waals surface area (Å²) in [6.07, 6.45) is 0.545. The molecule has 2 aliphatic heterocycles. The van der Waals surface area contributed by atoms with Crippen LogP contribution >= 0.6 is 0 Å². The minimum atomic E-state index is -1.43. The van der Waals surface area contributed by atoms with Crippen molar-refractivity contribution < 1.29 is 23.9 Å². The molecule has 0 aliphatic carbocycles. The standard InChI is InChI=1S/C20H18N4O5/c1-29-15-6-7-16-12(8-15)9-24(17(16)26)10-20(18(27)22-19(28)23-20)13-2-4-14(5-3-13)21-11-25/h2-8,11H,9-10H2,1H3,(H,21,25)(H2,22,23,27,28). The van der Waals surface area contributed by atoms with Crippen molar-refractivity contribution in [3.63, 3.8) is 0 Å². The Morgan fingerprint density at radius 1 is 1.17 bits per heavy atom. The first kappa shape index (κ1) is 18.5. The van der Waals surface area contributed by atoms with Crippen molar-refractivity contribution >= 4 is 29.9 Å². The van der Waals surface area contributed by atoms with Gasteiger partial charge in [0.1, 0.15) is 5.75 Å². The number of methoxy groups -OCH3 is 1. The Morgan fingerprint density at radius 3 is 2.55 bits per heavy atom. The molecule has 0 bridgehead atoms. The number of carbonyl (C=O) groups excluding carboxylic acids is 4. The molecule has 2 heterocycles. The normalized spacial score (nSPS) is 20.2. The number of urea groups is 1. The van der Waals surface area contributed by atoms with Gasteiger partial charge in [0.15, 0.2) is 5.54 Å². The van der Waals surface area contributed by atoms with Crippen LogP contribution in [0.15, 0.2) is 42.5 Å². The third-order valence-electron chi connectivity index (χ3n) is 5.16. The Bertz CT molecular complexity index is 1020. The molecule has 3 N–H and O–H groups in total. The molecule has 0 saturated carbocycles. The molecule has 148 valence electrons. The van der Waals surface area contributed by atoms with Gasteiger partial charge in [0, 0.05) is 17.8 Å². The zero-order chi connectivity index (χ0) is 20.6. The molecule has 0 radical (unpaired) electrons. The van der Waals surface area contributed by atoms with Crippen LogP contribution in [0.3, 0.4) is 0 Å². The zero-order valence-electron chi connectivity index (χ0n) is 15.5. The molecule has 2 aromatic rings. The third kappa shape index (κ3) is 3.06. The van der Waals surface area contributed by atoms with Crippen LogP contribution in [0.4, 0.5) is 10.5 Å². The van der Waals surface area contributed by atoms with Gasteiger partial charge in [-0.05, 0) is 41.5 Å². The maximum Gasteiger partial charge on any atom is 0.322 e. The lowest BCUT2D eigenvalue weighted by Gasteiger charge is -2.31. The number of carbonyl (C=O) groups is 4. The molecule has 29 heavy (non-hydrogen) atoms. The topological polar surface area (TPSA) is 117 Å². The second-order valence-electron chi connectivity index (χ2n) is 6.84. The summed E-state index contributed by atoms with van der Waals surface area (Å²) in [5.74, 6) is -0.131.